The van der Waals surface area contributed by atoms with Crippen molar-refractivity contribution < 1.29 is 0 Å². The van der Waals surface area contributed by atoms with Crippen molar-refractivity contribution in [2.45, 2.75) is 31.8 Å². The average Bonchev–Trinajstić information content (AvgIpc) is 2.81. The number of hydrogen-bond donors (Lipinski definition) is 1. The SMILES string of the molecule is N#Cc1ccc(N2CCCCCC2Nc2ncccn2)cc1. The van der Waals surface area contributed by atoms with Gasteiger partial charge in [-0.25, -0.2) is 9.97 Å². The molecule has 112 valence electrons. The van der Waals surface area contributed by atoms with E-state index in [1.165, 1.54) is 19.3 Å². The lowest BCUT2D eigenvalue weighted by molar-refractivity contribution is 0.623. The molecule has 1 unspecified atom stereocenters. The second-order valence-corrected chi connectivity index (χ2v) is 5.43. The molecular formula is C17H19N5. The summed E-state index contributed by atoms with van der Waals surface area (Å²) in [6, 6.07) is 11.8. The minimum Gasteiger partial charge on any atom is -0.351 e. The zero-order valence-corrected chi connectivity index (χ0v) is 12.4. The van der Waals surface area contributed by atoms with Gasteiger partial charge in [0.1, 0.15) is 6.17 Å². The summed E-state index contributed by atoms with van der Waals surface area (Å²) in [6.07, 6.45) is 8.33. The maximum Gasteiger partial charge on any atom is 0.224 e. The van der Waals surface area contributed by atoms with E-state index >= 15 is 0 Å². The van der Waals surface area contributed by atoms with E-state index in [1.54, 1.807) is 12.4 Å². The number of nitrogens with zero attached hydrogens (tertiary/aromatic N) is 4. The van der Waals surface area contributed by atoms with E-state index in [2.05, 4.69) is 26.3 Å². The number of rotatable bonds is 3. The molecule has 1 atom stereocenters. The maximum absolute atomic E-state index is 8.94. The normalized spacial score (nSPS) is 18.3. The van der Waals surface area contributed by atoms with Gasteiger partial charge in [0.05, 0.1) is 11.6 Å². The van der Waals surface area contributed by atoms with Crippen molar-refractivity contribution in [3.05, 3.63) is 48.3 Å². The molecule has 0 saturated carbocycles. The Labute approximate surface area is 130 Å². The highest BCUT2D eigenvalue weighted by Crippen LogP contribution is 2.25. The second-order valence-electron chi connectivity index (χ2n) is 5.43. The van der Waals surface area contributed by atoms with Gasteiger partial charge in [-0.15, -0.1) is 0 Å². The van der Waals surface area contributed by atoms with Crippen LogP contribution in [0.2, 0.25) is 0 Å². The summed E-state index contributed by atoms with van der Waals surface area (Å²) < 4.78 is 0. The molecule has 1 aliphatic rings. The molecule has 3 rings (SSSR count). The quantitative estimate of drug-likeness (QED) is 0.941. The van der Waals surface area contributed by atoms with Gasteiger partial charge in [0.2, 0.25) is 5.95 Å². The van der Waals surface area contributed by atoms with Crippen LogP contribution in [-0.4, -0.2) is 22.7 Å². The third-order valence-electron chi connectivity index (χ3n) is 3.94. The molecule has 1 aromatic carbocycles. The average molecular weight is 293 g/mol. The van der Waals surface area contributed by atoms with Gasteiger partial charge in [-0.1, -0.05) is 6.42 Å². The van der Waals surface area contributed by atoms with Crippen LogP contribution < -0.4 is 10.2 Å². The highest BCUT2D eigenvalue weighted by Gasteiger charge is 2.21. The molecule has 0 radical (unpaired) electrons. The monoisotopic (exact) mass is 293 g/mol. The van der Waals surface area contributed by atoms with Crippen LogP contribution >= 0.6 is 0 Å². The molecule has 2 aromatic rings. The highest BCUT2D eigenvalue weighted by molar-refractivity contribution is 5.52. The standard InChI is InChI=1S/C17H19N5/c18-13-14-6-8-15(9-7-14)22-12-3-1-2-5-16(22)21-17-19-10-4-11-20-17/h4,6-11,16H,1-3,5,12H2,(H,19,20,21). The first-order valence-corrected chi connectivity index (χ1v) is 7.67. The third-order valence-corrected chi connectivity index (χ3v) is 3.94. The van der Waals surface area contributed by atoms with E-state index in [9.17, 15) is 0 Å². The molecule has 5 nitrogen and oxygen atoms in total. The molecule has 1 fully saturated rings. The number of nitrogens with one attached hydrogen (secondary N) is 1. The minimum absolute atomic E-state index is 0.179. The fourth-order valence-electron chi connectivity index (χ4n) is 2.82. The van der Waals surface area contributed by atoms with Crippen LogP contribution in [0.1, 0.15) is 31.2 Å². The number of anilines is 2. The van der Waals surface area contributed by atoms with E-state index < -0.39 is 0 Å². The molecule has 22 heavy (non-hydrogen) atoms. The van der Waals surface area contributed by atoms with Crippen molar-refractivity contribution in [1.82, 2.24) is 9.97 Å². The lowest BCUT2D eigenvalue weighted by atomic mass is 10.2. The highest BCUT2D eigenvalue weighted by atomic mass is 15.3. The first-order valence-electron chi connectivity index (χ1n) is 7.67. The molecule has 1 aliphatic heterocycles. The van der Waals surface area contributed by atoms with Crippen molar-refractivity contribution in [3.8, 4) is 6.07 Å². The predicted octanol–water partition coefficient (Wildman–Crippen LogP) is 3.17. The molecule has 2 heterocycles. The number of aromatic nitrogens is 2. The second kappa shape index (κ2) is 6.90. The Morgan fingerprint density at radius 1 is 1.09 bits per heavy atom. The van der Waals surface area contributed by atoms with E-state index in [1.807, 2.05) is 30.3 Å². The Morgan fingerprint density at radius 2 is 1.86 bits per heavy atom. The van der Waals surface area contributed by atoms with Gasteiger partial charge in [0, 0.05) is 24.6 Å². The van der Waals surface area contributed by atoms with Crippen molar-refractivity contribution in [2.24, 2.45) is 0 Å². The van der Waals surface area contributed by atoms with E-state index in [0.717, 1.165) is 18.7 Å². The van der Waals surface area contributed by atoms with Crippen molar-refractivity contribution in [1.29, 1.82) is 5.26 Å². The summed E-state index contributed by atoms with van der Waals surface area (Å²) in [5.41, 5.74) is 1.82. The van der Waals surface area contributed by atoms with Crippen LogP contribution in [0.3, 0.4) is 0 Å². The molecular weight excluding hydrogens is 274 g/mol. The molecule has 0 amide bonds. The third kappa shape index (κ3) is 3.34. The first kappa shape index (κ1) is 14.3. The lowest BCUT2D eigenvalue weighted by Crippen LogP contribution is -2.41. The summed E-state index contributed by atoms with van der Waals surface area (Å²) >= 11 is 0. The van der Waals surface area contributed by atoms with Crippen LogP contribution in [0.25, 0.3) is 0 Å². The van der Waals surface area contributed by atoms with Crippen LogP contribution in [0.5, 0.6) is 0 Å². The number of benzene rings is 1. The van der Waals surface area contributed by atoms with Crippen molar-refractivity contribution >= 4 is 11.6 Å². The fourth-order valence-corrected chi connectivity index (χ4v) is 2.82. The molecule has 1 saturated heterocycles. The zero-order valence-electron chi connectivity index (χ0n) is 12.4. The first-order chi connectivity index (χ1) is 10.9. The van der Waals surface area contributed by atoms with E-state index in [0.29, 0.717) is 11.5 Å². The fraction of sp³-hybridized carbons (Fsp3) is 0.353. The van der Waals surface area contributed by atoms with E-state index in [4.69, 9.17) is 5.26 Å². The topological polar surface area (TPSA) is 64.8 Å². The smallest absolute Gasteiger partial charge is 0.224 e. The summed E-state index contributed by atoms with van der Waals surface area (Å²) in [5, 5.41) is 12.4. The summed E-state index contributed by atoms with van der Waals surface area (Å²) in [4.78, 5) is 10.9. The Bertz CT molecular complexity index is 632. The Morgan fingerprint density at radius 3 is 2.59 bits per heavy atom. The zero-order chi connectivity index (χ0) is 15.2. The Balaban J connectivity index is 1.82. The van der Waals surface area contributed by atoms with Gasteiger partial charge in [-0.05, 0) is 49.6 Å². The van der Waals surface area contributed by atoms with Gasteiger partial charge in [0.15, 0.2) is 0 Å². The maximum atomic E-state index is 8.94. The van der Waals surface area contributed by atoms with Gasteiger partial charge >= 0.3 is 0 Å². The summed E-state index contributed by atoms with van der Waals surface area (Å²) in [7, 11) is 0. The molecule has 5 heteroatoms. The predicted molar refractivity (Wildman–Crippen MR) is 86.4 cm³/mol. The lowest BCUT2D eigenvalue weighted by Gasteiger charge is -2.32. The van der Waals surface area contributed by atoms with Crippen LogP contribution in [0.4, 0.5) is 11.6 Å². The Hall–Kier alpha value is -2.61. The van der Waals surface area contributed by atoms with Gasteiger partial charge in [-0.2, -0.15) is 5.26 Å². The minimum atomic E-state index is 0.179. The molecule has 1 aromatic heterocycles. The Kier molecular flexibility index (Phi) is 4.50. The van der Waals surface area contributed by atoms with Gasteiger partial charge < -0.3 is 10.2 Å². The van der Waals surface area contributed by atoms with Crippen molar-refractivity contribution in [3.63, 3.8) is 0 Å². The molecule has 0 spiro atoms. The largest absolute Gasteiger partial charge is 0.351 e. The molecule has 1 N–H and O–H groups in total. The molecule has 0 bridgehead atoms. The van der Waals surface area contributed by atoms with Gasteiger partial charge in [-0.3, -0.25) is 0 Å². The van der Waals surface area contributed by atoms with Crippen LogP contribution in [0, 0.1) is 11.3 Å². The summed E-state index contributed by atoms with van der Waals surface area (Å²) in [6.45, 7) is 0.996. The van der Waals surface area contributed by atoms with E-state index in [-0.39, 0.29) is 6.17 Å². The number of hydrogen-bond acceptors (Lipinski definition) is 5. The summed E-state index contributed by atoms with van der Waals surface area (Å²) in [5.74, 6) is 0.660. The van der Waals surface area contributed by atoms with Crippen LogP contribution in [-0.2, 0) is 0 Å². The van der Waals surface area contributed by atoms with Gasteiger partial charge in [0.25, 0.3) is 0 Å². The van der Waals surface area contributed by atoms with Crippen LogP contribution in [0.15, 0.2) is 42.7 Å². The number of nitriles is 1. The molecule has 0 aliphatic carbocycles. The van der Waals surface area contributed by atoms with Crippen molar-refractivity contribution in [2.75, 3.05) is 16.8 Å².